The summed E-state index contributed by atoms with van der Waals surface area (Å²) in [6.45, 7) is 4.68. The van der Waals surface area contributed by atoms with E-state index in [1.807, 2.05) is 19.1 Å². The summed E-state index contributed by atoms with van der Waals surface area (Å²) in [7, 11) is 1.54. The lowest BCUT2D eigenvalue weighted by Gasteiger charge is -2.35. The van der Waals surface area contributed by atoms with Gasteiger partial charge in [0.1, 0.15) is 6.61 Å². The third-order valence-electron chi connectivity index (χ3n) is 6.57. The van der Waals surface area contributed by atoms with Crippen molar-refractivity contribution in [2.24, 2.45) is 5.92 Å². The van der Waals surface area contributed by atoms with Gasteiger partial charge in [0.05, 0.1) is 18.2 Å². The average molecular weight is 472 g/mol. The zero-order valence-corrected chi connectivity index (χ0v) is 20.5. The summed E-state index contributed by atoms with van der Waals surface area (Å²) in [6, 6.07) is 6.36. The van der Waals surface area contributed by atoms with Gasteiger partial charge in [-0.25, -0.2) is 9.59 Å². The van der Waals surface area contributed by atoms with Crippen LogP contribution >= 0.6 is 0 Å². The molecule has 3 amide bonds. The molecule has 1 heterocycles. The number of amides is 3. The van der Waals surface area contributed by atoms with Crippen LogP contribution in [0.5, 0.6) is 0 Å². The zero-order chi connectivity index (χ0) is 24.5. The molecule has 1 aromatic carbocycles. The number of esters is 1. The Balaban J connectivity index is 1.72. The molecule has 3 rings (SSSR count). The van der Waals surface area contributed by atoms with Gasteiger partial charge in [-0.2, -0.15) is 0 Å². The quantitative estimate of drug-likeness (QED) is 0.365. The van der Waals surface area contributed by atoms with Gasteiger partial charge in [0.25, 0.3) is 0 Å². The van der Waals surface area contributed by atoms with Crippen molar-refractivity contribution in [1.82, 2.24) is 10.2 Å². The largest absolute Gasteiger partial charge is 0.460 e. The van der Waals surface area contributed by atoms with Gasteiger partial charge < -0.3 is 20.1 Å². The van der Waals surface area contributed by atoms with E-state index in [-0.39, 0.29) is 18.5 Å². The molecule has 1 saturated carbocycles. The van der Waals surface area contributed by atoms with Crippen LogP contribution in [0.1, 0.15) is 70.4 Å². The van der Waals surface area contributed by atoms with Gasteiger partial charge in [0, 0.05) is 31.5 Å². The van der Waals surface area contributed by atoms with Gasteiger partial charge in [-0.05, 0) is 43.4 Å². The second-order valence-electron chi connectivity index (χ2n) is 9.02. The lowest BCUT2D eigenvalue weighted by atomic mass is 9.94. The van der Waals surface area contributed by atoms with Gasteiger partial charge in [0.2, 0.25) is 5.91 Å². The van der Waals surface area contributed by atoms with Crippen molar-refractivity contribution < 1.29 is 23.9 Å². The topological polar surface area (TPSA) is 97.0 Å². The van der Waals surface area contributed by atoms with Gasteiger partial charge in [-0.15, -0.1) is 0 Å². The number of allylic oxidation sites excluding steroid dienone is 1. The van der Waals surface area contributed by atoms with Crippen molar-refractivity contribution in [3.05, 3.63) is 41.1 Å². The zero-order valence-electron chi connectivity index (χ0n) is 20.5. The SMILES string of the molecule is CCCN1C(=O)NC(c2ccc(NC(=O)CCC3CCCC3)cc2)C(C(=O)OCCOC)=C1C. The number of ether oxygens (including phenoxy) is 2. The highest BCUT2D eigenvalue weighted by Crippen LogP contribution is 2.32. The first-order valence-electron chi connectivity index (χ1n) is 12.3. The number of nitrogens with one attached hydrogen (secondary N) is 2. The molecule has 2 aliphatic rings. The molecule has 186 valence electrons. The molecule has 0 spiro atoms. The number of carbonyl (C=O) groups is 3. The summed E-state index contributed by atoms with van der Waals surface area (Å²) in [5.74, 6) is 0.205. The monoisotopic (exact) mass is 471 g/mol. The van der Waals surface area contributed by atoms with Crippen LogP contribution in [0.15, 0.2) is 35.5 Å². The molecule has 0 saturated heterocycles. The van der Waals surface area contributed by atoms with Crippen LogP contribution in [0.2, 0.25) is 0 Å². The third kappa shape index (κ3) is 6.59. The Morgan fingerprint density at radius 3 is 2.50 bits per heavy atom. The van der Waals surface area contributed by atoms with Crippen LogP contribution in [0.4, 0.5) is 10.5 Å². The smallest absolute Gasteiger partial charge is 0.338 e. The molecule has 1 aliphatic carbocycles. The van der Waals surface area contributed by atoms with Crippen molar-refractivity contribution in [2.75, 3.05) is 32.2 Å². The third-order valence-corrected chi connectivity index (χ3v) is 6.57. The molecule has 2 N–H and O–H groups in total. The summed E-state index contributed by atoms with van der Waals surface area (Å²) in [6.07, 6.45) is 7.23. The molecule has 8 nitrogen and oxygen atoms in total. The van der Waals surface area contributed by atoms with Gasteiger partial charge in [-0.1, -0.05) is 44.7 Å². The summed E-state index contributed by atoms with van der Waals surface area (Å²) >= 11 is 0. The maximum absolute atomic E-state index is 12.9. The number of carbonyl (C=O) groups excluding carboxylic acids is 3. The first-order valence-corrected chi connectivity index (χ1v) is 12.3. The normalized spacial score (nSPS) is 18.7. The van der Waals surface area contributed by atoms with E-state index in [1.54, 1.807) is 31.1 Å². The first kappa shape index (κ1) is 25.7. The summed E-state index contributed by atoms with van der Waals surface area (Å²) in [5.41, 5.74) is 2.42. The standard InChI is InChI=1S/C26H37N3O5/c1-4-15-29-18(2)23(25(31)34-17-16-33-3)24(28-26(29)32)20-10-12-21(13-11-20)27-22(30)14-9-19-7-5-6-8-19/h10-13,19,24H,4-9,14-17H2,1-3H3,(H,27,30)(H,28,32). The Labute approximate surface area is 202 Å². The van der Waals surface area contributed by atoms with Crippen molar-refractivity contribution in [2.45, 2.75) is 64.8 Å². The van der Waals surface area contributed by atoms with Gasteiger partial charge >= 0.3 is 12.0 Å². The van der Waals surface area contributed by atoms with Crippen molar-refractivity contribution in [3.63, 3.8) is 0 Å². The fraction of sp³-hybridized carbons (Fsp3) is 0.577. The molecule has 1 aromatic rings. The number of anilines is 1. The minimum Gasteiger partial charge on any atom is -0.460 e. The number of hydrogen-bond donors (Lipinski definition) is 2. The second kappa shape index (κ2) is 12.6. The van der Waals surface area contributed by atoms with Crippen LogP contribution in [0.3, 0.4) is 0 Å². The predicted octanol–water partition coefficient (Wildman–Crippen LogP) is 4.54. The van der Waals surface area contributed by atoms with Crippen LogP contribution in [0.25, 0.3) is 0 Å². The number of urea groups is 1. The maximum atomic E-state index is 12.9. The minimum atomic E-state index is -0.636. The Kier molecular flexibility index (Phi) is 9.51. The summed E-state index contributed by atoms with van der Waals surface area (Å²) in [4.78, 5) is 39.6. The molecule has 34 heavy (non-hydrogen) atoms. The minimum absolute atomic E-state index is 0.0129. The molecule has 0 radical (unpaired) electrons. The van der Waals surface area contributed by atoms with E-state index in [4.69, 9.17) is 9.47 Å². The molecule has 1 unspecified atom stereocenters. The highest BCUT2D eigenvalue weighted by Gasteiger charge is 2.36. The van der Waals surface area contributed by atoms with Gasteiger partial charge in [-0.3, -0.25) is 9.69 Å². The number of nitrogens with zero attached hydrogens (tertiary/aromatic N) is 1. The lowest BCUT2D eigenvalue weighted by Crippen LogP contribution is -2.48. The van der Waals surface area contributed by atoms with E-state index in [1.165, 1.54) is 25.7 Å². The molecule has 0 bridgehead atoms. The van der Waals surface area contributed by atoms with Crippen LogP contribution < -0.4 is 10.6 Å². The Hall–Kier alpha value is -2.87. The number of methoxy groups -OCH3 is 1. The predicted molar refractivity (Wildman–Crippen MR) is 130 cm³/mol. The fourth-order valence-corrected chi connectivity index (χ4v) is 4.70. The fourth-order valence-electron chi connectivity index (χ4n) is 4.70. The number of benzene rings is 1. The highest BCUT2D eigenvalue weighted by molar-refractivity contribution is 5.95. The van der Waals surface area contributed by atoms with Crippen LogP contribution in [-0.4, -0.2) is 49.7 Å². The lowest BCUT2D eigenvalue weighted by molar-refractivity contribution is -0.141. The van der Waals surface area contributed by atoms with E-state index < -0.39 is 12.0 Å². The van der Waals surface area contributed by atoms with Crippen LogP contribution in [-0.2, 0) is 19.1 Å². The van der Waals surface area contributed by atoms with Crippen molar-refractivity contribution >= 4 is 23.6 Å². The van der Waals surface area contributed by atoms with E-state index >= 15 is 0 Å². The van der Waals surface area contributed by atoms with Crippen LogP contribution in [0, 0.1) is 5.92 Å². The Bertz CT molecular complexity index is 890. The average Bonchev–Trinajstić information content (AvgIpc) is 3.34. The molecular weight excluding hydrogens is 434 g/mol. The molecular formula is C26H37N3O5. The first-order chi connectivity index (χ1) is 16.4. The number of hydrogen-bond acceptors (Lipinski definition) is 5. The van der Waals surface area contributed by atoms with Crippen molar-refractivity contribution in [1.29, 1.82) is 0 Å². The van der Waals surface area contributed by atoms with E-state index in [0.717, 1.165) is 18.4 Å². The van der Waals surface area contributed by atoms with E-state index in [9.17, 15) is 14.4 Å². The maximum Gasteiger partial charge on any atom is 0.338 e. The molecule has 1 fully saturated rings. The van der Waals surface area contributed by atoms with Gasteiger partial charge in [0.15, 0.2) is 0 Å². The van der Waals surface area contributed by atoms with Crippen molar-refractivity contribution in [3.8, 4) is 0 Å². The molecule has 8 heteroatoms. The second-order valence-corrected chi connectivity index (χ2v) is 9.02. The van der Waals surface area contributed by atoms with E-state index in [2.05, 4.69) is 10.6 Å². The summed E-state index contributed by atoms with van der Waals surface area (Å²) < 4.78 is 10.4. The Morgan fingerprint density at radius 1 is 1.15 bits per heavy atom. The highest BCUT2D eigenvalue weighted by atomic mass is 16.6. The van der Waals surface area contributed by atoms with E-state index in [0.29, 0.717) is 42.4 Å². The Morgan fingerprint density at radius 2 is 1.85 bits per heavy atom. The molecule has 1 aliphatic heterocycles. The molecule has 1 atom stereocenters. The molecule has 0 aromatic heterocycles. The summed E-state index contributed by atoms with van der Waals surface area (Å²) in [5, 5.41) is 5.89. The number of rotatable bonds is 11.